The number of rotatable bonds is 8. The van der Waals surface area contributed by atoms with Crippen molar-refractivity contribution in [3.63, 3.8) is 0 Å². The maximum absolute atomic E-state index is 14.1. The van der Waals surface area contributed by atoms with Gasteiger partial charge in [0, 0.05) is 30.8 Å². The number of alkyl halides is 2. The molecule has 2 aliphatic carbocycles. The zero-order valence-electron chi connectivity index (χ0n) is 29.0. The highest BCUT2D eigenvalue weighted by atomic mass is 32.2. The van der Waals surface area contributed by atoms with Gasteiger partial charge in [-0.25, -0.2) is 26.8 Å². The second-order valence-electron chi connectivity index (χ2n) is 14.9. The fourth-order valence-electron chi connectivity index (χ4n) is 7.16. The molecule has 0 unspecified atom stereocenters. The first kappa shape index (κ1) is 37.2. The van der Waals surface area contributed by atoms with E-state index >= 15 is 0 Å². The van der Waals surface area contributed by atoms with E-state index in [1.165, 1.54) is 11.0 Å². The predicted molar refractivity (Wildman–Crippen MR) is 184 cm³/mol. The van der Waals surface area contributed by atoms with Crippen LogP contribution in [0.4, 0.5) is 18.4 Å². The molecule has 0 radical (unpaired) electrons. The molecular weight excluding hydrogens is 702 g/mol. The molecule has 1 aromatic carbocycles. The van der Waals surface area contributed by atoms with Gasteiger partial charge in [-0.3, -0.25) is 24.0 Å². The molecule has 4 bridgehead atoms. The van der Waals surface area contributed by atoms with Crippen LogP contribution in [0.3, 0.4) is 0 Å². The van der Waals surface area contributed by atoms with E-state index in [0.29, 0.717) is 25.7 Å². The summed E-state index contributed by atoms with van der Waals surface area (Å²) in [6.45, 7) is 7.35. The van der Waals surface area contributed by atoms with Crippen LogP contribution < -0.4 is 20.7 Å². The first-order chi connectivity index (χ1) is 24.5. The molecule has 3 fully saturated rings. The van der Waals surface area contributed by atoms with Crippen molar-refractivity contribution in [2.24, 2.45) is 5.92 Å². The molecule has 2 saturated carbocycles. The summed E-state index contributed by atoms with van der Waals surface area (Å²) in [5.41, 5.74) is 0.291. The van der Waals surface area contributed by atoms with Gasteiger partial charge in [-0.05, 0) is 62.6 Å². The van der Waals surface area contributed by atoms with Crippen LogP contribution >= 0.6 is 0 Å². The Morgan fingerprint density at radius 3 is 2.60 bits per heavy atom. The van der Waals surface area contributed by atoms with E-state index in [1.54, 1.807) is 13.8 Å². The Morgan fingerprint density at radius 2 is 1.92 bits per heavy atom. The molecule has 17 heteroatoms. The van der Waals surface area contributed by atoms with Crippen LogP contribution in [0, 0.1) is 5.92 Å². The fraction of sp³-hybridized carbons (Fsp3) is 0.571. The highest BCUT2D eigenvalue weighted by molar-refractivity contribution is 7.91. The number of hydrogen-bond donors (Lipinski definition) is 4. The van der Waals surface area contributed by atoms with Gasteiger partial charge in [-0.1, -0.05) is 36.4 Å². The van der Waals surface area contributed by atoms with Crippen LogP contribution in [0.15, 0.2) is 36.9 Å². The first-order valence-electron chi connectivity index (χ1n) is 17.4. The van der Waals surface area contributed by atoms with Crippen LogP contribution in [-0.2, 0) is 42.2 Å². The number of halogens is 2. The molecule has 0 spiro atoms. The van der Waals surface area contributed by atoms with E-state index in [1.807, 2.05) is 30.4 Å². The minimum atomic E-state index is -3.97. The normalized spacial score (nSPS) is 29.5. The summed E-state index contributed by atoms with van der Waals surface area (Å²) < 4.78 is 60.8. The number of amides is 6. The van der Waals surface area contributed by atoms with Crippen LogP contribution in [0.25, 0.3) is 6.08 Å². The van der Waals surface area contributed by atoms with Gasteiger partial charge >= 0.3 is 12.1 Å². The molecule has 1 saturated heterocycles. The Labute approximate surface area is 300 Å². The van der Waals surface area contributed by atoms with Crippen molar-refractivity contribution in [3.8, 4) is 0 Å². The smallest absolute Gasteiger partial charge is 0.410 e. The molecule has 4 N–H and O–H groups in total. The van der Waals surface area contributed by atoms with Gasteiger partial charge in [0.2, 0.25) is 28.3 Å². The minimum Gasteiger partial charge on any atom is -0.444 e. The Kier molecular flexibility index (Phi) is 10.1. The maximum atomic E-state index is 14.1. The van der Waals surface area contributed by atoms with Gasteiger partial charge in [0.25, 0.3) is 5.91 Å². The second-order valence-corrected chi connectivity index (χ2v) is 16.8. The van der Waals surface area contributed by atoms with Gasteiger partial charge in [-0.2, -0.15) is 0 Å². The number of hydrogen-bond acceptors (Lipinski definition) is 8. The number of ether oxygens (including phenoxy) is 1. The van der Waals surface area contributed by atoms with E-state index in [4.69, 9.17) is 4.74 Å². The third kappa shape index (κ3) is 7.93. The summed E-state index contributed by atoms with van der Waals surface area (Å²) in [6, 6.07) is 1.67. The fourth-order valence-corrected chi connectivity index (χ4v) is 8.53. The molecule has 282 valence electrons. The lowest BCUT2D eigenvalue weighted by Crippen LogP contribution is -2.59. The number of urea groups is 1. The highest BCUT2D eigenvalue weighted by Gasteiger charge is 2.62. The molecule has 0 aromatic heterocycles. The number of allylic oxidation sites excluding steroid dienone is 1. The van der Waals surface area contributed by atoms with Gasteiger partial charge < -0.3 is 25.6 Å². The molecule has 6 rings (SSSR count). The van der Waals surface area contributed by atoms with Crippen LogP contribution in [0.1, 0.15) is 75.5 Å². The molecule has 52 heavy (non-hydrogen) atoms. The number of sulfonamides is 1. The molecule has 5 aliphatic rings. The monoisotopic (exact) mass is 746 g/mol. The van der Waals surface area contributed by atoms with Gasteiger partial charge in [-0.15, -0.1) is 6.58 Å². The number of fused-ring (bicyclic) bond motifs is 3. The van der Waals surface area contributed by atoms with Crippen LogP contribution in [0.2, 0.25) is 0 Å². The van der Waals surface area contributed by atoms with Crippen LogP contribution in [0.5, 0.6) is 0 Å². The predicted octanol–water partition coefficient (Wildman–Crippen LogP) is 2.69. The van der Waals surface area contributed by atoms with Crippen molar-refractivity contribution >= 4 is 45.9 Å². The Hall–Kier alpha value is -4.54. The average Bonchev–Trinajstić information content (AvgIpc) is 3.95. The molecule has 5 atom stereocenters. The van der Waals surface area contributed by atoms with E-state index in [9.17, 15) is 41.2 Å². The quantitative estimate of drug-likeness (QED) is 0.293. The zero-order valence-corrected chi connectivity index (χ0v) is 29.8. The summed E-state index contributed by atoms with van der Waals surface area (Å²) >= 11 is 0. The van der Waals surface area contributed by atoms with Gasteiger partial charge in [0.1, 0.15) is 23.7 Å². The van der Waals surface area contributed by atoms with E-state index in [2.05, 4.69) is 27.3 Å². The third-order valence-corrected chi connectivity index (χ3v) is 12.2. The largest absolute Gasteiger partial charge is 0.444 e. The average molecular weight is 747 g/mol. The second kappa shape index (κ2) is 14.1. The Balaban J connectivity index is 1.29. The lowest BCUT2D eigenvalue weighted by atomic mass is 9.97. The van der Waals surface area contributed by atoms with E-state index in [-0.39, 0.29) is 32.5 Å². The van der Waals surface area contributed by atoms with Crippen molar-refractivity contribution in [1.82, 2.24) is 30.5 Å². The summed E-state index contributed by atoms with van der Waals surface area (Å²) in [5.74, 6) is -3.49. The molecule has 6 amide bonds. The lowest BCUT2D eigenvalue weighted by molar-refractivity contribution is -0.141. The maximum Gasteiger partial charge on any atom is 0.410 e. The summed E-state index contributed by atoms with van der Waals surface area (Å²) in [6.07, 6.45) is 1.04. The molecule has 14 nitrogen and oxygen atoms in total. The number of benzene rings is 1. The number of nitrogens with one attached hydrogen (secondary N) is 4. The minimum absolute atomic E-state index is 0.0333. The van der Waals surface area contributed by atoms with Crippen molar-refractivity contribution in [2.45, 2.75) is 113 Å². The summed E-state index contributed by atoms with van der Waals surface area (Å²) in [4.78, 5) is 70.5. The first-order valence-corrected chi connectivity index (χ1v) is 19.0. The zero-order chi connectivity index (χ0) is 37.6. The van der Waals surface area contributed by atoms with Crippen molar-refractivity contribution in [3.05, 3.63) is 53.6 Å². The van der Waals surface area contributed by atoms with Crippen molar-refractivity contribution in [2.75, 3.05) is 6.54 Å². The molecular formula is C35H44F2N6O8S. The number of carbonyl (C=O) groups excluding carboxylic acids is 5. The van der Waals surface area contributed by atoms with Crippen molar-refractivity contribution in [1.29, 1.82) is 0 Å². The molecule has 1 aromatic rings. The summed E-state index contributed by atoms with van der Waals surface area (Å²) in [7, 11) is -3.97. The van der Waals surface area contributed by atoms with E-state index < -0.39 is 93.1 Å². The van der Waals surface area contributed by atoms with Gasteiger partial charge in [0.05, 0.1) is 18.3 Å². The number of nitrogens with zero attached hydrogens (tertiary/aromatic N) is 2. The SMILES string of the molecule is C=C[C@@H]1C[C@@]1(NC(=O)[C@@H]1C[C@@H]2CN1C(=O)[C@H](CC(F)F)NC(=O)NC(C)(C)CC/C=C/c1cccc3c1CN(C3)C(=O)O2)C(=O)NS(=O)(=O)C1CC1. The molecule has 3 aliphatic heterocycles. The highest BCUT2D eigenvalue weighted by Crippen LogP contribution is 2.45. The molecule has 3 heterocycles. The number of carbonyl (C=O) groups is 5. The van der Waals surface area contributed by atoms with Gasteiger partial charge in [0.15, 0.2) is 0 Å². The Bertz CT molecular complexity index is 1800. The Morgan fingerprint density at radius 1 is 1.17 bits per heavy atom. The third-order valence-electron chi connectivity index (χ3n) is 10.3. The van der Waals surface area contributed by atoms with Crippen molar-refractivity contribution < 1.29 is 45.9 Å². The topological polar surface area (TPSA) is 183 Å². The van der Waals surface area contributed by atoms with E-state index in [0.717, 1.165) is 21.6 Å². The van der Waals surface area contributed by atoms with Crippen LogP contribution in [-0.4, -0.2) is 95.5 Å². The standard InChI is InChI=1S/C35H44F2N6O8S/c1-4-22-16-35(22,31(46)41-52(49,50)24-11-12-24)39-29(44)27-14-23-18-43(27)30(45)26(15-28(36)37)38-32(47)40-34(2,3)13-6-5-8-20-9-7-10-21-17-42(19-25(20)21)33(48)51-23/h4-5,7-10,22-24,26-28H,1,6,11-19H2,2-3H3,(H,39,44)(H,41,46)(H2,38,40,47)/b8-5+/t22-,23-,26+,27+,35+/m1/s1. The summed E-state index contributed by atoms with van der Waals surface area (Å²) in [5, 5.41) is 7.00. The lowest BCUT2D eigenvalue weighted by Gasteiger charge is -2.31.